The van der Waals surface area contributed by atoms with E-state index in [2.05, 4.69) is 0 Å². The molecule has 0 aliphatic rings. The summed E-state index contributed by atoms with van der Waals surface area (Å²) in [6, 6.07) is 16.1. The third-order valence-electron chi connectivity index (χ3n) is 4.47. The maximum Gasteiger partial charge on any atom is 0.264 e. The maximum absolute atomic E-state index is 12.7. The lowest BCUT2D eigenvalue weighted by molar-refractivity contribution is -0.120. The Hall–Kier alpha value is -3.28. The van der Waals surface area contributed by atoms with Gasteiger partial charge in [-0.2, -0.15) is 0 Å². The van der Waals surface area contributed by atoms with Gasteiger partial charge < -0.3 is 18.9 Å². The normalized spacial score (nSPS) is 10.6. The quantitative estimate of drug-likeness (QED) is 0.673. The first kappa shape index (κ1) is 18.5. The second-order valence-electron chi connectivity index (χ2n) is 6.05. The molecule has 0 N–H and O–H groups in total. The number of likely N-dealkylation sites (N-methyl/N-ethyl adjacent to an activating group) is 1. The zero-order valence-electron chi connectivity index (χ0n) is 15.6. The van der Waals surface area contributed by atoms with E-state index in [9.17, 15) is 9.59 Å². The Balaban J connectivity index is 1.81. The minimum atomic E-state index is -0.188. The number of ether oxygens (including phenoxy) is 2. The number of pyridine rings is 1. The van der Waals surface area contributed by atoms with Gasteiger partial charge in [0, 0.05) is 30.7 Å². The molecule has 3 aromatic rings. The van der Waals surface area contributed by atoms with E-state index in [0.29, 0.717) is 12.3 Å². The number of carbonyl (C=O) groups is 1. The molecule has 140 valence electrons. The highest BCUT2D eigenvalue weighted by molar-refractivity contribution is 5.95. The largest absolute Gasteiger partial charge is 0.497 e. The van der Waals surface area contributed by atoms with E-state index in [0.717, 1.165) is 22.3 Å². The summed E-state index contributed by atoms with van der Waals surface area (Å²) in [5, 5.41) is 0.792. The van der Waals surface area contributed by atoms with Crippen LogP contribution in [0.4, 0.5) is 5.69 Å². The van der Waals surface area contributed by atoms with E-state index < -0.39 is 0 Å². The average Bonchev–Trinajstić information content (AvgIpc) is 2.70. The molecule has 3 rings (SSSR count). The van der Waals surface area contributed by atoms with Crippen LogP contribution in [0.25, 0.3) is 10.9 Å². The average molecular weight is 366 g/mol. The standard InChI is InChI=1S/C21H22N2O4/c1-4-23(15-9-11-16(26-3)12-10-15)21(25)14-27-19-13-20(24)22(2)18-8-6-5-7-17(18)19/h5-13H,4,14H2,1-3H3. The van der Waals surface area contributed by atoms with Crippen LogP contribution in [-0.2, 0) is 11.8 Å². The molecule has 0 radical (unpaired) electrons. The van der Waals surface area contributed by atoms with E-state index in [4.69, 9.17) is 9.47 Å². The Morgan fingerprint density at radius 1 is 1.11 bits per heavy atom. The summed E-state index contributed by atoms with van der Waals surface area (Å²) in [6.07, 6.45) is 0. The van der Waals surface area contributed by atoms with E-state index in [1.54, 1.807) is 35.8 Å². The number of hydrogen-bond donors (Lipinski definition) is 0. The third-order valence-corrected chi connectivity index (χ3v) is 4.47. The summed E-state index contributed by atoms with van der Waals surface area (Å²) in [4.78, 5) is 26.5. The molecule has 1 aromatic heterocycles. The van der Waals surface area contributed by atoms with Crippen molar-refractivity contribution in [3.63, 3.8) is 0 Å². The van der Waals surface area contributed by atoms with Crippen molar-refractivity contribution in [1.29, 1.82) is 0 Å². The number of aromatic nitrogens is 1. The van der Waals surface area contributed by atoms with Gasteiger partial charge in [-0.1, -0.05) is 12.1 Å². The highest BCUT2D eigenvalue weighted by Crippen LogP contribution is 2.24. The first-order valence-electron chi connectivity index (χ1n) is 8.71. The molecule has 0 fully saturated rings. The molecule has 6 nitrogen and oxygen atoms in total. The number of rotatable bonds is 6. The molecule has 0 unspecified atom stereocenters. The van der Waals surface area contributed by atoms with E-state index in [1.165, 1.54) is 6.07 Å². The summed E-state index contributed by atoms with van der Waals surface area (Å²) < 4.78 is 12.4. The fourth-order valence-electron chi connectivity index (χ4n) is 2.98. The lowest BCUT2D eigenvalue weighted by Crippen LogP contribution is -2.35. The van der Waals surface area contributed by atoms with Gasteiger partial charge in [0.1, 0.15) is 11.5 Å². The topological polar surface area (TPSA) is 60.8 Å². The summed E-state index contributed by atoms with van der Waals surface area (Å²) in [6.45, 7) is 2.25. The molecule has 0 saturated carbocycles. The molecule has 1 heterocycles. The second-order valence-corrected chi connectivity index (χ2v) is 6.05. The lowest BCUT2D eigenvalue weighted by atomic mass is 10.2. The van der Waals surface area contributed by atoms with Gasteiger partial charge in [0.25, 0.3) is 11.5 Å². The predicted molar refractivity (Wildman–Crippen MR) is 106 cm³/mol. The van der Waals surface area contributed by atoms with Crippen molar-refractivity contribution in [2.24, 2.45) is 7.05 Å². The SMILES string of the molecule is CCN(C(=O)COc1cc(=O)n(C)c2ccccc12)c1ccc(OC)cc1. The van der Waals surface area contributed by atoms with Crippen LogP contribution in [0.2, 0.25) is 0 Å². The molecule has 6 heteroatoms. The van der Waals surface area contributed by atoms with Gasteiger partial charge in [0.05, 0.1) is 12.6 Å². The van der Waals surface area contributed by atoms with Crippen molar-refractivity contribution in [3.05, 3.63) is 65.0 Å². The molecule has 0 atom stereocenters. The number of aryl methyl sites for hydroxylation is 1. The maximum atomic E-state index is 12.7. The van der Waals surface area contributed by atoms with Crippen LogP contribution in [0, 0.1) is 0 Å². The van der Waals surface area contributed by atoms with Gasteiger partial charge in [0.15, 0.2) is 6.61 Å². The van der Waals surface area contributed by atoms with E-state index in [1.807, 2.05) is 43.3 Å². The zero-order chi connectivity index (χ0) is 19.4. The van der Waals surface area contributed by atoms with Crippen molar-refractivity contribution in [3.8, 4) is 11.5 Å². The molecule has 2 aromatic carbocycles. The van der Waals surface area contributed by atoms with Gasteiger partial charge in [-0.25, -0.2) is 0 Å². The molecule has 0 spiro atoms. The van der Waals surface area contributed by atoms with Crippen LogP contribution in [0.3, 0.4) is 0 Å². The number of hydrogen-bond acceptors (Lipinski definition) is 4. The van der Waals surface area contributed by atoms with Crippen molar-refractivity contribution >= 4 is 22.5 Å². The molecule has 27 heavy (non-hydrogen) atoms. The van der Waals surface area contributed by atoms with Gasteiger partial charge in [0.2, 0.25) is 0 Å². The number of anilines is 1. The number of amides is 1. The fourth-order valence-corrected chi connectivity index (χ4v) is 2.98. The van der Waals surface area contributed by atoms with Crippen molar-refractivity contribution in [2.45, 2.75) is 6.92 Å². The highest BCUT2D eigenvalue weighted by atomic mass is 16.5. The molecule has 0 bridgehead atoms. The van der Waals surface area contributed by atoms with Gasteiger partial charge in [-0.15, -0.1) is 0 Å². The summed E-state index contributed by atoms with van der Waals surface area (Å²) in [5.41, 5.74) is 1.34. The van der Waals surface area contributed by atoms with Crippen LogP contribution in [0.15, 0.2) is 59.4 Å². The van der Waals surface area contributed by atoms with Crippen molar-refractivity contribution in [1.82, 2.24) is 4.57 Å². The molecule has 0 aliphatic heterocycles. The number of carbonyl (C=O) groups excluding carboxylic acids is 1. The number of fused-ring (bicyclic) bond motifs is 1. The van der Waals surface area contributed by atoms with E-state index in [-0.39, 0.29) is 18.1 Å². The Kier molecular flexibility index (Phi) is 5.45. The first-order valence-corrected chi connectivity index (χ1v) is 8.71. The second kappa shape index (κ2) is 7.95. The molecular formula is C21H22N2O4. The number of nitrogens with zero attached hydrogens (tertiary/aromatic N) is 2. The summed E-state index contributed by atoms with van der Waals surface area (Å²) in [5.74, 6) is 0.949. The molecule has 0 aliphatic carbocycles. The monoisotopic (exact) mass is 366 g/mol. The number of methoxy groups -OCH3 is 1. The van der Waals surface area contributed by atoms with Crippen LogP contribution in [-0.4, -0.2) is 30.7 Å². The molecular weight excluding hydrogens is 344 g/mol. The van der Waals surface area contributed by atoms with Crippen molar-refractivity contribution < 1.29 is 14.3 Å². The highest BCUT2D eigenvalue weighted by Gasteiger charge is 2.16. The third kappa shape index (κ3) is 3.79. The first-order chi connectivity index (χ1) is 13.0. The Bertz CT molecular complexity index is 1010. The smallest absolute Gasteiger partial charge is 0.264 e. The van der Waals surface area contributed by atoms with Crippen LogP contribution in [0.5, 0.6) is 11.5 Å². The van der Waals surface area contributed by atoms with Gasteiger partial charge in [-0.05, 0) is 43.3 Å². The predicted octanol–water partition coefficient (Wildman–Crippen LogP) is 2.98. The van der Waals surface area contributed by atoms with Crippen LogP contribution < -0.4 is 19.9 Å². The summed E-state index contributed by atoms with van der Waals surface area (Å²) in [7, 11) is 3.31. The summed E-state index contributed by atoms with van der Waals surface area (Å²) >= 11 is 0. The van der Waals surface area contributed by atoms with Crippen molar-refractivity contribution in [2.75, 3.05) is 25.2 Å². The minimum Gasteiger partial charge on any atom is -0.497 e. The molecule has 1 amide bonds. The Labute approximate surface area is 157 Å². The number of benzene rings is 2. The fraction of sp³-hybridized carbons (Fsp3) is 0.238. The number of para-hydroxylation sites is 1. The molecule has 0 saturated heterocycles. The Morgan fingerprint density at radius 3 is 2.48 bits per heavy atom. The van der Waals surface area contributed by atoms with Gasteiger partial charge >= 0.3 is 0 Å². The van der Waals surface area contributed by atoms with E-state index >= 15 is 0 Å². The zero-order valence-corrected chi connectivity index (χ0v) is 15.6. The minimum absolute atomic E-state index is 0.156. The van der Waals surface area contributed by atoms with Crippen LogP contribution >= 0.6 is 0 Å². The Morgan fingerprint density at radius 2 is 1.81 bits per heavy atom. The van der Waals surface area contributed by atoms with Crippen LogP contribution in [0.1, 0.15) is 6.92 Å². The lowest BCUT2D eigenvalue weighted by Gasteiger charge is -2.21. The van der Waals surface area contributed by atoms with Gasteiger partial charge in [-0.3, -0.25) is 9.59 Å².